The average molecular weight is 1400 g/mol. The number of fused-ring (bicyclic) bond motifs is 6. The topological polar surface area (TPSA) is 158 Å². The molecule has 13 rings (SSSR count). The zero-order valence-electron chi connectivity index (χ0n) is 63.4. The van der Waals surface area contributed by atoms with E-state index in [1.165, 1.54) is 19.3 Å². The molecule has 0 radical (unpaired) electrons. The molecule has 0 spiro atoms. The maximum atomic E-state index is 12.4. The first kappa shape index (κ1) is 80.1. The van der Waals surface area contributed by atoms with Crippen LogP contribution in [-0.2, 0) is 54.0 Å². The third kappa shape index (κ3) is 22.9. The molecular weight excluding hydrogens is 1280 g/mol. The molecule has 9 unspecified atom stereocenters. The van der Waals surface area contributed by atoms with Gasteiger partial charge in [0, 0.05) is 0 Å². The van der Waals surface area contributed by atoms with E-state index in [1.807, 2.05) is 166 Å². The summed E-state index contributed by atoms with van der Waals surface area (Å²) < 4.78 is 33.7. The zero-order chi connectivity index (χ0) is 74.8. The second-order valence-corrected chi connectivity index (χ2v) is 32.0. The Balaban J connectivity index is 0.000000157. The zero-order valence-corrected chi connectivity index (χ0v) is 63.4. The Kier molecular flexibility index (Phi) is 27.7. The molecule has 12 nitrogen and oxygen atoms in total. The number of esters is 6. The predicted molar refractivity (Wildman–Crippen MR) is 412 cm³/mol. The van der Waals surface area contributed by atoms with Gasteiger partial charge in [0.2, 0.25) is 0 Å². The van der Waals surface area contributed by atoms with Crippen molar-refractivity contribution in [3.8, 4) is 0 Å². The van der Waals surface area contributed by atoms with Crippen molar-refractivity contribution in [3.63, 3.8) is 0 Å². The van der Waals surface area contributed by atoms with E-state index in [4.69, 9.17) is 28.4 Å². The second-order valence-electron chi connectivity index (χ2n) is 32.0. The smallest absolute Gasteiger partial charge is 0.338 e. The summed E-state index contributed by atoms with van der Waals surface area (Å²) in [6.45, 7) is 34.3. The summed E-state index contributed by atoms with van der Waals surface area (Å²) in [5, 5.41) is 0. The van der Waals surface area contributed by atoms with Crippen LogP contribution in [0.2, 0.25) is 0 Å². The highest BCUT2D eigenvalue weighted by atomic mass is 16.6. The summed E-state index contributed by atoms with van der Waals surface area (Å²) in [6, 6.07) is 41.4. The fraction of sp³-hybridized carbons (Fsp3) is 0.473. The van der Waals surface area contributed by atoms with Crippen LogP contribution in [0.5, 0.6) is 0 Å². The standard InChI is InChI=1S/C18H18O2.C17H20O2.C16H20O2.C15H22O2.C13H16O2.C12H18O2/c1-4-14-10-12-15(13-11-14)17(19)20-18(2,3)16-8-6-5-7-9-16;1-17(2,14-6-4-3-5-7-14)19-16(18)15-11-12-8-9-13(15)10-12;1-3-13-7-9-14(10-8-13)15(17)18-16(4-2)11-5-6-12-16;1-2-15(7-3-4-8-15)17-14(16)13-10-11-5-6-12(13)9-11;1-5-10-6-8-11(9-7-10)12(14)15-13(2,3)4;1-12(2,3)14-11(13)10-7-8-4-5-9(10)6-8/h4-13H,1H2,2-3H3;3-9,12-13,15H,10-11H2,1-2H3;3,7-10H,1,4-6,11-12H2,2H3;5-6,11-13H,2-4,7-10H2,1H3;5-9H,1H2,2-4H3;4-5,8-10H,6-7H2,1-3H3. The molecule has 9 atom stereocenters. The van der Waals surface area contributed by atoms with Gasteiger partial charge in [-0.1, -0.05) is 185 Å². The van der Waals surface area contributed by atoms with Crippen molar-refractivity contribution in [1.82, 2.24) is 0 Å². The summed E-state index contributed by atoms with van der Waals surface area (Å²) in [7, 11) is 0. The second kappa shape index (κ2) is 35.7. The van der Waals surface area contributed by atoms with E-state index in [-0.39, 0.29) is 70.4 Å². The van der Waals surface area contributed by atoms with Crippen LogP contribution in [0.15, 0.2) is 190 Å². The molecule has 103 heavy (non-hydrogen) atoms. The maximum Gasteiger partial charge on any atom is 0.338 e. The number of rotatable bonds is 17. The van der Waals surface area contributed by atoms with Crippen LogP contribution in [0.3, 0.4) is 0 Å². The van der Waals surface area contributed by atoms with Crippen molar-refractivity contribution < 1.29 is 57.2 Å². The van der Waals surface area contributed by atoms with Crippen molar-refractivity contribution in [2.24, 2.45) is 53.3 Å². The number of ether oxygens (including phenoxy) is 6. The number of benzene rings is 5. The quantitative estimate of drug-likeness (QED) is 0.0494. The van der Waals surface area contributed by atoms with Gasteiger partial charge in [-0.05, 0) is 272 Å². The Morgan fingerprint density at radius 1 is 0.369 bits per heavy atom. The van der Waals surface area contributed by atoms with E-state index in [9.17, 15) is 28.8 Å². The van der Waals surface area contributed by atoms with Gasteiger partial charge in [-0.3, -0.25) is 14.4 Å². The van der Waals surface area contributed by atoms with E-state index >= 15 is 0 Å². The number of hydrogen-bond acceptors (Lipinski definition) is 12. The molecule has 0 N–H and O–H groups in total. The molecule has 5 aromatic carbocycles. The van der Waals surface area contributed by atoms with E-state index in [0.717, 1.165) is 111 Å². The molecule has 6 bridgehead atoms. The summed E-state index contributed by atoms with van der Waals surface area (Å²) in [4.78, 5) is 72.4. The Hall–Kier alpha value is -8.64. The van der Waals surface area contributed by atoms with Crippen LogP contribution >= 0.6 is 0 Å². The third-order valence-electron chi connectivity index (χ3n) is 21.3. The molecule has 0 amide bonds. The lowest BCUT2D eigenvalue weighted by atomic mass is 9.92. The summed E-state index contributed by atoms with van der Waals surface area (Å²) in [6.07, 6.45) is 35.9. The lowest BCUT2D eigenvalue weighted by Crippen LogP contribution is -2.35. The molecule has 0 heterocycles. The monoisotopic (exact) mass is 1400 g/mol. The van der Waals surface area contributed by atoms with E-state index in [1.54, 1.807) is 54.6 Å². The minimum Gasteiger partial charge on any atom is -0.460 e. The van der Waals surface area contributed by atoms with Gasteiger partial charge >= 0.3 is 35.8 Å². The van der Waals surface area contributed by atoms with Gasteiger partial charge in [-0.25, -0.2) is 14.4 Å². The van der Waals surface area contributed by atoms with E-state index in [0.29, 0.717) is 52.2 Å². The molecule has 5 fully saturated rings. The Morgan fingerprint density at radius 3 is 0.990 bits per heavy atom. The first-order valence-electron chi connectivity index (χ1n) is 37.6. The van der Waals surface area contributed by atoms with Crippen LogP contribution in [0.25, 0.3) is 18.2 Å². The van der Waals surface area contributed by atoms with Gasteiger partial charge in [0.15, 0.2) is 0 Å². The Morgan fingerprint density at radius 2 is 0.680 bits per heavy atom. The van der Waals surface area contributed by atoms with Crippen molar-refractivity contribution in [2.75, 3.05) is 0 Å². The number of hydrogen-bond donors (Lipinski definition) is 0. The molecule has 8 aliphatic carbocycles. The van der Waals surface area contributed by atoms with Gasteiger partial charge in [-0.15, -0.1) is 0 Å². The van der Waals surface area contributed by atoms with Crippen molar-refractivity contribution in [3.05, 3.63) is 234 Å². The van der Waals surface area contributed by atoms with Gasteiger partial charge in [0.1, 0.15) is 33.6 Å². The lowest BCUT2D eigenvalue weighted by Gasteiger charge is -2.30. The van der Waals surface area contributed by atoms with Crippen LogP contribution in [-0.4, -0.2) is 58.2 Å². The first-order chi connectivity index (χ1) is 48.9. The number of carbonyl (C=O) groups excluding carboxylic acids is 6. The van der Waals surface area contributed by atoms with E-state index in [2.05, 4.69) is 70.0 Å². The molecular formula is C91H114O12. The molecule has 8 aliphatic rings. The highest BCUT2D eigenvalue weighted by molar-refractivity contribution is 5.91. The SMILES string of the molecule is C=Cc1ccc(C(=O)OC(C)(C)C)cc1.C=Cc1ccc(C(=O)OC(C)(C)c2ccccc2)cc1.C=Cc1ccc(C(=O)OC2(CC)CCCC2)cc1.CC(C)(C)OC(=O)C1CC2C=CC1C2.CC(C)(OC(=O)C1CC2C=CC1C2)c1ccccc1.CCC1(OC(=O)C2CC3C=CC2C3)CCCC1. The Bertz CT molecular complexity index is 3750. The van der Waals surface area contributed by atoms with Crippen molar-refractivity contribution in [1.29, 1.82) is 0 Å². The van der Waals surface area contributed by atoms with Gasteiger partial charge in [-0.2, -0.15) is 0 Å². The van der Waals surface area contributed by atoms with Gasteiger partial charge in [0.25, 0.3) is 0 Å². The Labute approximate surface area is 614 Å². The fourth-order valence-electron chi connectivity index (χ4n) is 15.2. The van der Waals surface area contributed by atoms with Crippen LogP contribution in [0.4, 0.5) is 0 Å². The van der Waals surface area contributed by atoms with Crippen LogP contribution in [0, 0.1) is 53.3 Å². The molecule has 5 saturated carbocycles. The fourth-order valence-corrected chi connectivity index (χ4v) is 15.2. The first-order valence-corrected chi connectivity index (χ1v) is 37.6. The van der Waals surface area contributed by atoms with E-state index < -0.39 is 16.8 Å². The van der Waals surface area contributed by atoms with Crippen molar-refractivity contribution >= 4 is 54.0 Å². The van der Waals surface area contributed by atoms with Crippen molar-refractivity contribution in [2.45, 2.75) is 219 Å². The van der Waals surface area contributed by atoms with Gasteiger partial charge < -0.3 is 28.4 Å². The molecule has 550 valence electrons. The number of carbonyl (C=O) groups is 6. The molecule has 0 saturated heterocycles. The average Bonchev–Trinajstić information content (AvgIpc) is 1.70. The largest absolute Gasteiger partial charge is 0.460 e. The molecule has 12 heteroatoms. The normalized spacial score (nSPS) is 23.0. The minimum absolute atomic E-state index is 0.00523. The van der Waals surface area contributed by atoms with Gasteiger partial charge in [0.05, 0.1) is 34.4 Å². The minimum atomic E-state index is -0.657. The van der Waals surface area contributed by atoms with Crippen LogP contribution < -0.4 is 0 Å². The highest BCUT2D eigenvalue weighted by Gasteiger charge is 2.46. The highest BCUT2D eigenvalue weighted by Crippen LogP contribution is 2.48. The molecule has 0 aliphatic heterocycles. The molecule has 0 aromatic heterocycles. The van der Waals surface area contributed by atoms with Crippen LogP contribution in [0.1, 0.15) is 245 Å². The molecule has 5 aromatic rings. The third-order valence-corrected chi connectivity index (χ3v) is 21.3. The number of allylic oxidation sites excluding steroid dienone is 6. The lowest BCUT2D eigenvalue weighted by molar-refractivity contribution is -0.166. The summed E-state index contributed by atoms with van der Waals surface area (Å²) in [5.41, 5.74) is 4.39. The summed E-state index contributed by atoms with van der Waals surface area (Å²) in [5.74, 6) is 2.81. The summed E-state index contributed by atoms with van der Waals surface area (Å²) >= 11 is 0. The maximum absolute atomic E-state index is 12.4. The predicted octanol–water partition coefficient (Wildman–Crippen LogP) is 21.6.